The number of carbonyl (C=O) groups excluding carboxylic acids is 1. The number of benzene rings is 2. The Morgan fingerprint density at radius 2 is 1.71 bits per heavy atom. The Morgan fingerprint density at radius 3 is 2.42 bits per heavy atom. The van der Waals surface area contributed by atoms with E-state index in [1.54, 1.807) is 34.6 Å². The molecule has 0 atom stereocenters. The van der Waals surface area contributed by atoms with Gasteiger partial charge in [-0.3, -0.25) is 9.48 Å². The number of anilines is 1. The standard InChI is InChI=1S/C22H18Cl3N5O/c1-13-20(14(2)30(27-13)16-6-4-3-5-7-16)22(31)26-21-19(25)12-29(28-21)11-15-8-9-17(23)18(24)10-15/h3-10,12H,11H2,1-2H3,(H,26,28,31). The van der Waals surface area contributed by atoms with Crippen molar-refractivity contribution in [2.45, 2.75) is 20.4 Å². The second-order valence-corrected chi connectivity index (χ2v) is 8.24. The summed E-state index contributed by atoms with van der Waals surface area (Å²) in [7, 11) is 0. The van der Waals surface area contributed by atoms with Gasteiger partial charge in [0, 0.05) is 6.20 Å². The second-order valence-electron chi connectivity index (χ2n) is 7.02. The summed E-state index contributed by atoms with van der Waals surface area (Å²) in [5.74, 6) is -0.0446. The highest BCUT2D eigenvalue weighted by atomic mass is 35.5. The SMILES string of the molecule is Cc1nn(-c2ccccc2)c(C)c1C(=O)Nc1nn(Cc2ccc(Cl)c(Cl)c2)cc1Cl. The number of nitrogens with one attached hydrogen (secondary N) is 1. The normalized spacial score (nSPS) is 11.0. The summed E-state index contributed by atoms with van der Waals surface area (Å²) in [5, 5.41) is 13.0. The van der Waals surface area contributed by atoms with Crippen LogP contribution in [0.2, 0.25) is 15.1 Å². The molecule has 0 aliphatic rings. The number of aryl methyl sites for hydroxylation is 1. The summed E-state index contributed by atoms with van der Waals surface area (Å²) >= 11 is 18.4. The highest BCUT2D eigenvalue weighted by Crippen LogP contribution is 2.25. The number of para-hydroxylation sites is 1. The molecule has 2 aromatic heterocycles. The van der Waals surface area contributed by atoms with Gasteiger partial charge < -0.3 is 5.32 Å². The summed E-state index contributed by atoms with van der Waals surface area (Å²) < 4.78 is 3.37. The van der Waals surface area contributed by atoms with Crippen LogP contribution in [0.4, 0.5) is 5.82 Å². The van der Waals surface area contributed by atoms with Gasteiger partial charge in [0.05, 0.1) is 39.2 Å². The van der Waals surface area contributed by atoms with E-state index in [9.17, 15) is 4.79 Å². The summed E-state index contributed by atoms with van der Waals surface area (Å²) in [6, 6.07) is 15.0. The van der Waals surface area contributed by atoms with E-state index in [0.29, 0.717) is 32.9 Å². The number of rotatable bonds is 5. The Balaban J connectivity index is 1.56. The summed E-state index contributed by atoms with van der Waals surface area (Å²) in [5.41, 5.74) is 3.62. The van der Waals surface area contributed by atoms with Gasteiger partial charge in [-0.15, -0.1) is 0 Å². The van der Waals surface area contributed by atoms with Crippen LogP contribution in [-0.2, 0) is 6.54 Å². The molecule has 0 bridgehead atoms. The van der Waals surface area contributed by atoms with Crippen molar-refractivity contribution >= 4 is 46.5 Å². The molecule has 2 heterocycles. The third-order valence-electron chi connectivity index (χ3n) is 4.80. The van der Waals surface area contributed by atoms with Crippen molar-refractivity contribution in [3.8, 4) is 5.69 Å². The lowest BCUT2D eigenvalue weighted by atomic mass is 10.2. The molecule has 1 amide bonds. The molecule has 0 fully saturated rings. The number of amides is 1. The zero-order valence-corrected chi connectivity index (χ0v) is 19.0. The first kappa shape index (κ1) is 21.4. The molecule has 0 radical (unpaired) electrons. The lowest BCUT2D eigenvalue weighted by Crippen LogP contribution is -2.15. The predicted octanol–water partition coefficient (Wildman–Crippen LogP) is 5.95. The first-order chi connectivity index (χ1) is 14.8. The van der Waals surface area contributed by atoms with E-state index < -0.39 is 0 Å². The predicted molar refractivity (Wildman–Crippen MR) is 124 cm³/mol. The largest absolute Gasteiger partial charge is 0.304 e. The summed E-state index contributed by atoms with van der Waals surface area (Å²) in [6.45, 7) is 4.08. The van der Waals surface area contributed by atoms with Gasteiger partial charge in [0.15, 0.2) is 5.82 Å². The topological polar surface area (TPSA) is 64.7 Å². The van der Waals surface area contributed by atoms with E-state index >= 15 is 0 Å². The summed E-state index contributed by atoms with van der Waals surface area (Å²) in [4.78, 5) is 13.0. The minimum atomic E-state index is -0.320. The number of hydrogen-bond acceptors (Lipinski definition) is 3. The molecule has 9 heteroatoms. The molecule has 158 valence electrons. The van der Waals surface area contributed by atoms with Crippen molar-refractivity contribution in [1.29, 1.82) is 0 Å². The van der Waals surface area contributed by atoms with Gasteiger partial charge in [0.1, 0.15) is 5.02 Å². The molecule has 0 spiro atoms. The molecular formula is C22H18Cl3N5O. The van der Waals surface area contributed by atoms with E-state index in [-0.39, 0.29) is 11.7 Å². The maximum atomic E-state index is 13.0. The van der Waals surface area contributed by atoms with E-state index in [4.69, 9.17) is 34.8 Å². The third-order valence-corrected chi connectivity index (χ3v) is 5.81. The van der Waals surface area contributed by atoms with Gasteiger partial charge in [0.25, 0.3) is 5.91 Å². The molecular weight excluding hydrogens is 457 g/mol. The number of nitrogens with zero attached hydrogens (tertiary/aromatic N) is 4. The first-order valence-corrected chi connectivity index (χ1v) is 10.6. The van der Waals surface area contributed by atoms with Gasteiger partial charge in [-0.05, 0) is 43.7 Å². The highest BCUT2D eigenvalue weighted by Gasteiger charge is 2.21. The smallest absolute Gasteiger partial charge is 0.260 e. The Labute approximate surface area is 194 Å². The number of carbonyl (C=O) groups is 1. The number of halogens is 3. The molecule has 0 aliphatic carbocycles. The van der Waals surface area contributed by atoms with E-state index in [1.807, 2.05) is 43.3 Å². The van der Waals surface area contributed by atoms with Crippen LogP contribution in [0, 0.1) is 13.8 Å². The van der Waals surface area contributed by atoms with Crippen molar-refractivity contribution < 1.29 is 4.79 Å². The Bertz CT molecular complexity index is 1260. The van der Waals surface area contributed by atoms with Crippen molar-refractivity contribution in [3.63, 3.8) is 0 Å². The molecule has 0 unspecified atom stereocenters. The molecule has 4 rings (SSSR count). The maximum absolute atomic E-state index is 13.0. The van der Waals surface area contributed by atoms with Crippen LogP contribution >= 0.6 is 34.8 Å². The molecule has 2 aromatic carbocycles. The van der Waals surface area contributed by atoms with Gasteiger partial charge in [0.2, 0.25) is 0 Å². The van der Waals surface area contributed by atoms with E-state index in [2.05, 4.69) is 15.5 Å². The van der Waals surface area contributed by atoms with Gasteiger partial charge in [-0.1, -0.05) is 59.1 Å². The Kier molecular flexibility index (Phi) is 6.05. The van der Waals surface area contributed by atoms with Crippen LogP contribution in [0.1, 0.15) is 27.3 Å². The second kappa shape index (κ2) is 8.75. The maximum Gasteiger partial charge on any atom is 0.260 e. The van der Waals surface area contributed by atoms with Gasteiger partial charge in [-0.25, -0.2) is 4.68 Å². The lowest BCUT2D eigenvalue weighted by molar-refractivity contribution is 0.102. The van der Waals surface area contributed by atoms with Crippen molar-refractivity contribution in [1.82, 2.24) is 19.6 Å². The highest BCUT2D eigenvalue weighted by molar-refractivity contribution is 6.42. The average Bonchev–Trinajstić information content (AvgIpc) is 3.23. The quantitative estimate of drug-likeness (QED) is 0.389. The molecule has 6 nitrogen and oxygen atoms in total. The zero-order chi connectivity index (χ0) is 22.1. The number of aromatic nitrogens is 4. The van der Waals surface area contributed by atoms with Crippen LogP contribution in [0.25, 0.3) is 5.69 Å². The molecule has 1 N–H and O–H groups in total. The Morgan fingerprint density at radius 1 is 0.968 bits per heavy atom. The number of hydrogen-bond donors (Lipinski definition) is 1. The summed E-state index contributed by atoms with van der Waals surface area (Å²) in [6.07, 6.45) is 1.65. The average molecular weight is 475 g/mol. The van der Waals surface area contributed by atoms with Crippen molar-refractivity contribution in [2.75, 3.05) is 5.32 Å². The molecule has 0 aliphatic heterocycles. The van der Waals surface area contributed by atoms with Gasteiger partial charge in [-0.2, -0.15) is 10.2 Å². The van der Waals surface area contributed by atoms with Crippen LogP contribution in [0.3, 0.4) is 0 Å². The molecule has 4 aromatic rings. The molecule has 0 saturated heterocycles. The van der Waals surface area contributed by atoms with E-state index in [1.165, 1.54) is 0 Å². The fourth-order valence-corrected chi connectivity index (χ4v) is 3.87. The first-order valence-electron chi connectivity index (χ1n) is 9.43. The van der Waals surface area contributed by atoms with Gasteiger partial charge >= 0.3 is 0 Å². The van der Waals surface area contributed by atoms with Crippen molar-refractivity contribution in [3.05, 3.63) is 92.3 Å². The minimum Gasteiger partial charge on any atom is -0.304 e. The zero-order valence-electron chi connectivity index (χ0n) is 16.7. The monoisotopic (exact) mass is 473 g/mol. The fourth-order valence-electron chi connectivity index (χ4n) is 3.35. The molecule has 31 heavy (non-hydrogen) atoms. The van der Waals surface area contributed by atoms with Crippen LogP contribution in [0.15, 0.2) is 54.7 Å². The van der Waals surface area contributed by atoms with Crippen molar-refractivity contribution in [2.24, 2.45) is 0 Å². The minimum absolute atomic E-state index is 0.276. The fraction of sp³-hybridized carbons (Fsp3) is 0.136. The lowest BCUT2D eigenvalue weighted by Gasteiger charge is -2.06. The van der Waals surface area contributed by atoms with Crippen LogP contribution in [-0.4, -0.2) is 25.5 Å². The van der Waals surface area contributed by atoms with E-state index in [0.717, 1.165) is 16.9 Å². The Hall–Kier alpha value is -2.80. The molecule has 0 saturated carbocycles. The van der Waals surface area contributed by atoms with Crippen LogP contribution < -0.4 is 5.32 Å². The van der Waals surface area contributed by atoms with Crippen LogP contribution in [0.5, 0.6) is 0 Å². The third kappa shape index (κ3) is 4.46.